The van der Waals surface area contributed by atoms with Gasteiger partial charge < -0.3 is 24.4 Å². The number of amides is 1. The van der Waals surface area contributed by atoms with Crippen LogP contribution in [0.1, 0.15) is 12.0 Å². The number of rotatable bonds is 9. The van der Waals surface area contributed by atoms with Crippen LogP contribution in [0, 0.1) is 0 Å². The van der Waals surface area contributed by atoms with Gasteiger partial charge in [-0.1, -0.05) is 17.7 Å². The minimum atomic E-state index is -0.648. The van der Waals surface area contributed by atoms with E-state index in [1.807, 2.05) is 18.2 Å². The van der Waals surface area contributed by atoms with Crippen molar-refractivity contribution in [2.75, 3.05) is 62.8 Å². The second kappa shape index (κ2) is 11.1. The van der Waals surface area contributed by atoms with Crippen LogP contribution in [0.25, 0.3) is 0 Å². The first-order chi connectivity index (χ1) is 16.5. The maximum atomic E-state index is 12.3. The van der Waals surface area contributed by atoms with Crippen LogP contribution >= 0.6 is 11.6 Å². The van der Waals surface area contributed by atoms with E-state index in [2.05, 4.69) is 28.5 Å². The summed E-state index contributed by atoms with van der Waals surface area (Å²) in [5.74, 6) is 1.39. The zero-order valence-corrected chi connectivity index (χ0v) is 20.3. The fourth-order valence-electron chi connectivity index (χ4n) is 4.50. The van der Waals surface area contributed by atoms with E-state index in [1.54, 1.807) is 24.2 Å². The molecule has 1 atom stereocenters. The number of aliphatic hydroxyl groups excluding tert-OH is 1. The highest BCUT2D eigenvalue weighted by Crippen LogP contribution is 2.37. The molecule has 0 bridgehead atoms. The standard InChI is InChI=1S/C26H32ClN3O4/c1-3-10-30-24-16-25(23(27)15-19(24)4-9-26(30)32)34-18-21(31)17-28-11-13-29(14-12-28)20-5-7-22(33-2)8-6-20/h3,5-8,15-16,21,31H,1,4,9-14,17-18H2,2H3. The summed E-state index contributed by atoms with van der Waals surface area (Å²) in [6.07, 6.45) is 2.18. The van der Waals surface area contributed by atoms with Gasteiger partial charge >= 0.3 is 0 Å². The molecular formula is C26H32ClN3O4. The Labute approximate surface area is 206 Å². The summed E-state index contributed by atoms with van der Waals surface area (Å²) >= 11 is 6.44. The predicted octanol–water partition coefficient (Wildman–Crippen LogP) is 3.38. The number of carbonyl (C=O) groups excluding carboxylic acids is 1. The summed E-state index contributed by atoms with van der Waals surface area (Å²) in [4.78, 5) is 18.6. The first-order valence-corrected chi connectivity index (χ1v) is 12.0. The van der Waals surface area contributed by atoms with Crippen LogP contribution < -0.4 is 19.3 Å². The van der Waals surface area contributed by atoms with Crippen molar-refractivity contribution < 1.29 is 19.4 Å². The quantitative estimate of drug-likeness (QED) is 0.549. The lowest BCUT2D eigenvalue weighted by Crippen LogP contribution is -2.49. The molecule has 1 fully saturated rings. The summed E-state index contributed by atoms with van der Waals surface area (Å²) in [5, 5.41) is 11.1. The normalized spacial score (nSPS) is 17.3. The lowest BCUT2D eigenvalue weighted by atomic mass is 10.0. The van der Waals surface area contributed by atoms with Gasteiger partial charge in [0.15, 0.2) is 0 Å². The van der Waals surface area contributed by atoms with Gasteiger partial charge in [-0.15, -0.1) is 6.58 Å². The lowest BCUT2D eigenvalue weighted by molar-refractivity contribution is -0.118. The van der Waals surface area contributed by atoms with Crippen LogP contribution in [0.5, 0.6) is 11.5 Å². The molecule has 0 aromatic heterocycles. The van der Waals surface area contributed by atoms with Gasteiger partial charge in [-0.3, -0.25) is 9.69 Å². The van der Waals surface area contributed by atoms with Crippen LogP contribution in [0.4, 0.5) is 11.4 Å². The van der Waals surface area contributed by atoms with Crippen molar-refractivity contribution in [3.63, 3.8) is 0 Å². The SMILES string of the molecule is C=CCN1C(=O)CCc2cc(Cl)c(OCC(O)CN3CCN(c4ccc(OC)cc4)CC3)cc21. The van der Waals surface area contributed by atoms with E-state index in [0.29, 0.717) is 36.7 Å². The summed E-state index contributed by atoms with van der Waals surface area (Å²) in [6, 6.07) is 11.8. The molecule has 2 aromatic rings. The molecule has 1 saturated heterocycles. The third-order valence-electron chi connectivity index (χ3n) is 6.35. The molecule has 2 aromatic carbocycles. The summed E-state index contributed by atoms with van der Waals surface area (Å²) in [7, 11) is 1.67. The third-order valence-corrected chi connectivity index (χ3v) is 6.65. The highest BCUT2D eigenvalue weighted by atomic mass is 35.5. The molecule has 1 unspecified atom stereocenters. The number of piperazine rings is 1. The molecule has 2 heterocycles. The molecule has 2 aliphatic rings. The van der Waals surface area contributed by atoms with Crippen molar-refractivity contribution in [1.29, 1.82) is 0 Å². The molecule has 4 rings (SSSR count). The molecular weight excluding hydrogens is 454 g/mol. The van der Waals surface area contributed by atoms with Crippen molar-refractivity contribution >= 4 is 28.9 Å². The average Bonchev–Trinajstić information content (AvgIpc) is 2.85. The van der Waals surface area contributed by atoms with E-state index in [1.165, 1.54) is 5.69 Å². The number of aliphatic hydroxyl groups is 1. The van der Waals surface area contributed by atoms with Crippen molar-refractivity contribution in [1.82, 2.24) is 4.90 Å². The molecule has 7 nitrogen and oxygen atoms in total. The Bertz CT molecular complexity index is 1010. The van der Waals surface area contributed by atoms with E-state index in [-0.39, 0.29) is 12.5 Å². The van der Waals surface area contributed by atoms with Crippen molar-refractivity contribution in [2.24, 2.45) is 0 Å². The number of β-amino-alcohol motifs (C(OH)–C–C–N with tert-alkyl or cyclic N) is 1. The maximum absolute atomic E-state index is 12.3. The Morgan fingerprint density at radius 1 is 1.15 bits per heavy atom. The Morgan fingerprint density at radius 3 is 2.56 bits per heavy atom. The van der Waals surface area contributed by atoms with E-state index in [0.717, 1.165) is 43.2 Å². The number of nitrogens with zero attached hydrogens (tertiary/aromatic N) is 3. The molecule has 1 amide bonds. The van der Waals surface area contributed by atoms with E-state index in [9.17, 15) is 9.90 Å². The number of carbonyl (C=O) groups is 1. The van der Waals surface area contributed by atoms with Crippen molar-refractivity contribution in [3.05, 3.63) is 59.6 Å². The fraction of sp³-hybridized carbons (Fsp3) is 0.423. The minimum absolute atomic E-state index is 0.0643. The minimum Gasteiger partial charge on any atom is -0.497 e. The van der Waals surface area contributed by atoms with Gasteiger partial charge in [0.05, 0.1) is 17.8 Å². The summed E-state index contributed by atoms with van der Waals surface area (Å²) in [6.45, 7) is 8.36. The first-order valence-electron chi connectivity index (χ1n) is 11.6. The number of fused-ring (bicyclic) bond motifs is 1. The topological polar surface area (TPSA) is 65.5 Å². The fourth-order valence-corrected chi connectivity index (χ4v) is 4.75. The summed E-state index contributed by atoms with van der Waals surface area (Å²) in [5.41, 5.74) is 3.00. The number of halogens is 1. The third kappa shape index (κ3) is 5.66. The average molecular weight is 486 g/mol. The van der Waals surface area contributed by atoms with Gasteiger partial charge in [-0.2, -0.15) is 0 Å². The molecule has 1 N–H and O–H groups in total. The Morgan fingerprint density at radius 2 is 1.88 bits per heavy atom. The van der Waals surface area contributed by atoms with Crippen molar-refractivity contribution in [2.45, 2.75) is 18.9 Å². The van der Waals surface area contributed by atoms with Gasteiger partial charge in [0.1, 0.15) is 24.2 Å². The van der Waals surface area contributed by atoms with Crippen LogP contribution in [0.15, 0.2) is 49.1 Å². The van der Waals surface area contributed by atoms with E-state index >= 15 is 0 Å². The molecule has 0 radical (unpaired) electrons. The molecule has 182 valence electrons. The Kier molecular flexibility index (Phi) is 7.98. The zero-order chi connectivity index (χ0) is 24.1. The van der Waals surface area contributed by atoms with E-state index in [4.69, 9.17) is 21.1 Å². The number of aryl methyl sites for hydroxylation is 1. The molecule has 34 heavy (non-hydrogen) atoms. The Balaban J connectivity index is 1.29. The zero-order valence-electron chi connectivity index (χ0n) is 19.6. The number of methoxy groups -OCH3 is 1. The number of ether oxygens (including phenoxy) is 2. The van der Waals surface area contributed by atoms with Crippen LogP contribution in [-0.4, -0.2) is 75.0 Å². The number of anilines is 2. The van der Waals surface area contributed by atoms with Gasteiger partial charge in [-0.05, 0) is 42.3 Å². The van der Waals surface area contributed by atoms with Crippen LogP contribution in [0.3, 0.4) is 0 Å². The van der Waals surface area contributed by atoms with Gasteiger partial charge in [0.25, 0.3) is 0 Å². The van der Waals surface area contributed by atoms with Gasteiger partial charge in [0, 0.05) is 57.4 Å². The van der Waals surface area contributed by atoms with Gasteiger partial charge in [-0.25, -0.2) is 0 Å². The number of benzene rings is 2. The second-order valence-electron chi connectivity index (χ2n) is 8.65. The lowest BCUT2D eigenvalue weighted by Gasteiger charge is -2.37. The first kappa shape index (κ1) is 24.4. The summed E-state index contributed by atoms with van der Waals surface area (Å²) < 4.78 is 11.1. The van der Waals surface area contributed by atoms with E-state index < -0.39 is 6.10 Å². The second-order valence-corrected chi connectivity index (χ2v) is 9.06. The number of hydrogen-bond donors (Lipinski definition) is 1. The van der Waals surface area contributed by atoms with Gasteiger partial charge in [0.2, 0.25) is 5.91 Å². The van der Waals surface area contributed by atoms with Crippen molar-refractivity contribution in [3.8, 4) is 11.5 Å². The predicted molar refractivity (Wildman–Crippen MR) is 135 cm³/mol. The number of hydrogen-bond acceptors (Lipinski definition) is 6. The molecule has 0 spiro atoms. The van der Waals surface area contributed by atoms with Crippen LogP contribution in [-0.2, 0) is 11.2 Å². The Hall–Kier alpha value is -2.74. The molecule has 0 saturated carbocycles. The highest BCUT2D eigenvalue weighted by Gasteiger charge is 2.25. The monoisotopic (exact) mass is 485 g/mol. The maximum Gasteiger partial charge on any atom is 0.227 e. The smallest absolute Gasteiger partial charge is 0.227 e. The molecule has 0 aliphatic carbocycles. The highest BCUT2D eigenvalue weighted by molar-refractivity contribution is 6.32. The molecule has 2 aliphatic heterocycles. The van der Waals surface area contributed by atoms with Crippen LogP contribution in [0.2, 0.25) is 5.02 Å². The molecule has 8 heteroatoms. The largest absolute Gasteiger partial charge is 0.497 e.